The number of thiophene rings is 1. The lowest BCUT2D eigenvalue weighted by atomic mass is 9.74. The molecule has 3 N–H and O–H groups in total. The lowest BCUT2D eigenvalue weighted by Crippen LogP contribution is -2.38. The van der Waals surface area contributed by atoms with Gasteiger partial charge in [0.25, 0.3) is 0 Å². The van der Waals surface area contributed by atoms with Crippen LogP contribution in [-0.4, -0.2) is 29.3 Å². The Morgan fingerprint density at radius 3 is 2.60 bits per heavy atom. The smallest absolute Gasteiger partial charge is 0.308 e. The van der Waals surface area contributed by atoms with Gasteiger partial charge in [-0.15, -0.1) is 11.3 Å². The summed E-state index contributed by atoms with van der Waals surface area (Å²) in [6, 6.07) is 3.88. The van der Waals surface area contributed by atoms with Crippen molar-refractivity contribution >= 4 is 17.3 Å². The molecule has 0 unspecified atom stereocenters. The molecule has 0 aliphatic heterocycles. The van der Waals surface area contributed by atoms with Crippen LogP contribution in [0.3, 0.4) is 0 Å². The summed E-state index contributed by atoms with van der Waals surface area (Å²) in [4.78, 5) is 12.7. The minimum Gasteiger partial charge on any atom is -0.481 e. The van der Waals surface area contributed by atoms with Crippen molar-refractivity contribution in [3.05, 3.63) is 21.9 Å². The number of aliphatic hydroxyl groups is 1. The van der Waals surface area contributed by atoms with Crippen molar-refractivity contribution in [2.75, 3.05) is 13.2 Å². The molecule has 0 radical (unpaired) electrons. The molecular formula is C15H23NO3S. The van der Waals surface area contributed by atoms with E-state index in [1.807, 2.05) is 12.1 Å². The van der Waals surface area contributed by atoms with Crippen LogP contribution in [0.5, 0.6) is 0 Å². The second kappa shape index (κ2) is 7.20. The molecule has 112 valence electrons. The highest BCUT2D eigenvalue weighted by Crippen LogP contribution is 2.35. The summed E-state index contributed by atoms with van der Waals surface area (Å²) < 4.78 is 0. The van der Waals surface area contributed by atoms with E-state index in [2.05, 4.69) is 5.32 Å². The Morgan fingerprint density at radius 1 is 1.25 bits per heavy atom. The molecule has 1 saturated carbocycles. The highest BCUT2D eigenvalue weighted by atomic mass is 32.1. The van der Waals surface area contributed by atoms with Crippen molar-refractivity contribution < 1.29 is 15.0 Å². The standard InChI is InChI=1S/C15H23NO3S/c17-11-15(6-2-1-3-7-15)10-16-9-13-5-4-12(20-13)8-14(18)19/h4-5,16-17H,1-3,6-11H2,(H,18,19). The number of carboxylic acids is 1. The SMILES string of the molecule is O=C(O)Cc1ccc(CNCC2(CO)CCCCC2)s1. The lowest BCUT2D eigenvalue weighted by molar-refractivity contribution is -0.136. The minimum atomic E-state index is -0.784. The lowest BCUT2D eigenvalue weighted by Gasteiger charge is -2.35. The number of carboxylic acid groups (broad SMARTS) is 1. The molecule has 2 rings (SSSR count). The predicted octanol–water partition coefficient (Wildman–Crippen LogP) is 2.41. The molecule has 0 amide bonds. The molecule has 1 aliphatic carbocycles. The minimum absolute atomic E-state index is 0.0550. The van der Waals surface area contributed by atoms with E-state index in [-0.39, 0.29) is 18.4 Å². The van der Waals surface area contributed by atoms with Crippen LogP contribution in [0.15, 0.2) is 12.1 Å². The number of carbonyl (C=O) groups is 1. The Balaban J connectivity index is 1.79. The molecule has 4 nitrogen and oxygen atoms in total. The molecule has 1 aromatic heterocycles. The van der Waals surface area contributed by atoms with E-state index in [1.54, 1.807) is 11.3 Å². The van der Waals surface area contributed by atoms with Gasteiger partial charge in [-0.25, -0.2) is 0 Å². The van der Waals surface area contributed by atoms with E-state index in [1.165, 1.54) is 19.3 Å². The van der Waals surface area contributed by atoms with Gasteiger partial charge < -0.3 is 15.5 Å². The van der Waals surface area contributed by atoms with Gasteiger partial charge in [0.15, 0.2) is 0 Å². The maximum Gasteiger partial charge on any atom is 0.308 e. The van der Waals surface area contributed by atoms with Gasteiger partial charge in [0.05, 0.1) is 6.42 Å². The summed E-state index contributed by atoms with van der Waals surface area (Å²) in [7, 11) is 0. The van der Waals surface area contributed by atoms with Crippen LogP contribution in [-0.2, 0) is 17.8 Å². The molecule has 1 aromatic rings. The molecule has 0 saturated heterocycles. The fourth-order valence-corrected chi connectivity index (χ4v) is 3.88. The number of aliphatic carboxylic acids is 1. The molecule has 1 aliphatic rings. The van der Waals surface area contributed by atoms with Gasteiger partial charge >= 0.3 is 5.97 Å². The first-order valence-electron chi connectivity index (χ1n) is 7.24. The van der Waals surface area contributed by atoms with Gasteiger partial charge in [-0.1, -0.05) is 19.3 Å². The second-order valence-corrected chi connectivity index (χ2v) is 7.01. The van der Waals surface area contributed by atoms with E-state index in [9.17, 15) is 9.90 Å². The molecule has 1 fully saturated rings. The van der Waals surface area contributed by atoms with E-state index in [4.69, 9.17) is 5.11 Å². The van der Waals surface area contributed by atoms with E-state index < -0.39 is 5.97 Å². The first-order valence-corrected chi connectivity index (χ1v) is 8.06. The quantitative estimate of drug-likeness (QED) is 0.723. The number of hydrogen-bond donors (Lipinski definition) is 3. The number of nitrogens with one attached hydrogen (secondary N) is 1. The van der Waals surface area contributed by atoms with Crippen LogP contribution in [0.1, 0.15) is 41.9 Å². The van der Waals surface area contributed by atoms with Crippen LogP contribution >= 0.6 is 11.3 Å². The summed E-state index contributed by atoms with van der Waals surface area (Å²) in [5, 5.41) is 21.8. The maximum absolute atomic E-state index is 10.6. The van der Waals surface area contributed by atoms with Gasteiger partial charge in [0.1, 0.15) is 0 Å². The number of rotatable bonds is 7. The summed E-state index contributed by atoms with van der Waals surface area (Å²) in [5.41, 5.74) is 0.0550. The fraction of sp³-hybridized carbons (Fsp3) is 0.667. The third-order valence-corrected chi connectivity index (χ3v) is 5.18. The van der Waals surface area contributed by atoms with Gasteiger partial charge in [0.2, 0.25) is 0 Å². The topological polar surface area (TPSA) is 69.6 Å². The maximum atomic E-state index is 10.6. The van der Waals surface area contributed by atoms with Gasteiger partial charge in [-0.2, -0.15) is 0 Å². The second-order valence-electron chi connectivity index (χ2n) is 5.76. The number of hydrogen-bond acceptors (Lipinski definition) is 4. The average molecular weight is 297 g/mol. The average Bonchev–Trinajstić information content (AvgIpc) is 2.86. The van der Waals surface area contributed by atoms with Crippen LogP contribution in [0.25, 0.3) is 0 Å². The highest BCUT2D eigenvalue weighted by molar-refractivity contribution is 7.12. The summed E-state index contributed by atoms with van der Waals surface area (Å²) in [6.45, 7) is 1.86. The molecule has 0 atom stereocenters. The third kappa shape index (κ3) is 4.30. The van der Waals surface area contributed by atoms with Gasteiger partial charge in [-0.3, -0.25) is 4.79 Å². The molecule has 5 heteroatoms. The fourth-order valence-electron chi connectivity index (χ4n) is 2.90. The van der Waals surface area contributed by atoms with E-state index in [0.717, 1.165) is 35.7 Å². The van der Waals surface area contributed by atoms with Crippen molar-refractivity contribution in [1.29, 1.82) is 0 Å². The molecule has 0 bridgehead atoms. The normalized spacial score (nSPS) is 18.1. The Morgan fingerprint density at radius 2 is 1.95 bits per heavy atom. The van der Waals surface area contributed by atoms with Crippen LogP contribution < -0.4 is 5.32 Å². The van der Waals surface area contributed by atoms with Crippen LogP contribution in [0, 0.1) is 5.41 Å². The molecular weight excluding hydrogens is 274 g/mol. The van der Waals surface area contributed by atoms with Crippen LogP contribution in [0.2, 0.25) is 0 Å². The van der Waals surface area contributed by atoms with E-state index >= 15 is 0 Å². The summed E-state index contributed by atoms with van der Waals surface area (Å²) in [5.74, 6) is -0.784. The third-order valence-electron chi connectivity index (χ3n) is 4.09. The zero-order chi connectivity index (χ0) is 14.4. The Kier molecular flexibility index (Phi) is 5.57. The van der Waals surface area contributed by atoms with Gasteiger partial charge in [0, 0.05) is 34.9 Å². The largest absolute Gasteiger partial charge is 0.481 e. The first kappa shape index (κ1) is 15.5. The zero-order valence-corrected chi connectivity index (χ0v) is 12.5. The molecule has 0 spiro atoms. The Hall–Kier alpha value is -0.910. The molecule has 0 aromatic carbocycles. The predicted molar refractivity (Wildman–Crippen MR) is 80.0 cm³/mol. The summed E-state index contributed by atoms with van der Waals surface area (Å²) >= 11 is 1.55. The van der Waals surface area contributed by atoms with Crippen LogP contribution in [0.4, 0.5) is 0 Å². The zero-order valence-electron chi connectivity index (χ0n) is 11.7. The highest BCUT2D eigenvalue weighted by Gasteiger charge is 2.30. The van der Waals surface area contributed by atoms with Crippen molar-refractivity contribution in [3.63, 3.8) is 0 Å². The van der Waals surface area contributed by atoms with Crippen molar-refractivity contribution in [2.24, 2.45) is 5.41 Å². The molecule has 1 heterocycles. The van der Waals surface area contributed by atoms with Gasteiger partial charge in [-0.05, 0) is 25.0 Å². The monoisotopic (exact) mass is 297 g/mol. The Labute approximate surface area is 123 Å². The van der Waals surface area contributed by atoms with Crippen molar-refractivity contribution in [3.8, 4) is 0 Å². The number of aliphatic hydroxyl groups excluding tert-OH is 1. The van der Waals surface area contributed by atoms with Crippen molar-refractivity contribution in [1.82, 2.24) is 5.32 Å². The molecule has 20 heavy (non-hydrogen) atoms. The van der Waals surface area contributed by atoms with E-state index in [0.29, 0.717) is 0 Å². The Bertz CT molecular complexity index is 438. The first-order chi connectivity index (χ1) is 9.63. The van der Waals surface area contributed by atoms with Crippen molar-refractivity contribution in [2.45, 2.75) is 45.1 Å². The summed E-state index contributed by atoms with van der Waals surface area (Å²) in [6.07, 6.45) is 6.01.